The van der Waals surface area contributed by atoms with Crippen molar-refractivity contribution in [2.75, 3.05) is 13.1 Å². The van der Waals surface area contributed by atoms with Crippen LogP contribution in [0.3, 0.4) is 0 Å². The van der Waals surface area contributed by atoms with Crippen LogP contribution in [0.5, 0.6) is 0 Å². The number of carbonyl (C=O) groups is 3. The highest BCUT2D eigenvalue weighted by molar-refractivity contribution is 5.96. The van der Waals surface area contributed by atoms with Gasteiger partial charge in [0, 0.05) is 30.8 Å². The summed E-state index contributed by atoms with van der Waals surface area (Å²) in [5, 5.41) is 11.6. The number of hydrogen-bond acceptors (Lipinski definition) is 3. The van der Waals surface area contributed by atoms with Gasteiger partial charge in [0.2, 0.25) is 0 Å². The Bertz CT molecular complexity index is 778. The average Bonchev–Trinajstić information content (AvgIpc) is 2.67. The van der Waals surface area contributed by atoms with Gasteiger partial charge in [-0.15, -0.1) is 0 Å². The molecule has 0 unspecified atom stereocenters. The van der Waals surface area contributed by atoms with E-state index in [1.807, 2.05) is 26.0 Å². The lowest BCUT2D eigenvalue weighted by molar-refractivity contribution is 0.0695. The summed E-state index contributed by atoms with van der Waals surface area (Å²) in [6.07, 6.45) is 0. The van der Waals surface area contributed by atoms with Gasteiger partial charge in [0.15, 0.2) is 0 Å². The van der Waals surface area contributed by atoms with Gasteiger partial charge in [0.05, 0.1) is 5.56 Å². The van der Waals surface area contributed by atoms with Crippen molar-refractivity contribution in [3.05, 3.63) is 70.8 Å². The van der Waals surface area contributed by atoms with E-state index in [0.29, 0.717) is 30.8 Å². The molecule has 0 bridgehead atoms. The van der Waals surface area contributed by atoms with Crippen molar-refractivity contribution in [1.29, 1.82) is 0 Å². The number of nitrogens with one attached hydrogen (secondary N) is 1. The maximum absolute atomic E-state index is 12.3. The van der Waals surface area contributed by atoms with E-state index < -0.39 is 5.97 Å². The minimum atomic E-state index is -1.03. The first kappa shape index (κ1) is 19.2. The van der Waals surface area contributed by atoms with E-state index in [1.54, 1.807) is 17.0 Å². The zero-order chi connectivity index (χ0) is 19.1. The van der Waals surface area contributed by atoms with E-state index in [9.17, 15) is 14.4 Å². The molecular formula is C20H22N2O4. The molecule has 2 N–H and O–H groups in total. The Morgan fingerprint density at radius 1 is 0.846 bits per heavy atom. The lowest BCUT2D eigenvalue weighted by Crippen LogP contribution is -2.30. The van der Waals surface area contributed by atoms with E-state index in [1.165, 1.54) is 24.3 Å². The van der Waals surface area contributed by atoms with Crippen LogP contribution in [0.15, 0.2) is 48.5 Å². The van der Waals surface area contributed by atoms with Crippen molar-refractivity contribution in [1.82, 2.24) is 10.2 Å². The topological polar surface area (TPSA) is 86.7 Å². The molecular weight excluding hydrogens is 332 g/mol. The summed E-state index contributed by atoms with van der Waals surface area (Å²) in [5.41, 5.74) is 2.02. The molecule has 2 aromatic rings. The Morgan fingerprint density at radius 2 is 1.35 bits per heavy atom. The van der Waals surface area contributed by atoms with Crippen LogP contribution < -0.4 is 5.32 Å². The number of carboxylic acids is 1. The Labute approximate surface area is 152 Å². The number of rotatable bonds is 7. The molecule has 26 heavy (non-hydrogen) atoms. The second-order valence-electron chi connectivity index (χ2n) is 5.74. The number of nitrogens with zero attached hydrogens (tertiary/aromatic N) is 1. The number of aromatic carboxylic acids is 1. The van der Waals surface area contributed by atoms with Crippen LogP contribution in [0.1, 0.15) is 50.5 Å². The van der Waals surface area contributed by atoms with Crippen molar-refractivity contribution in [3.63, 3.8) is 0 Å². The SMILES string of the molecule is CCN(CC)C(=O)c1ccc(CNC(=O)c2ccc(C(=O)O)cc2)cc1. The fourth-order valence-corrected chi connectivity index (χ4v) is 2.51. The predicted molar refractivity (Wildman–Crippen MR) is 98.3 cm³/mol. The molecule has 0 heterocycles. The fourth-order valence-electron chi connectivity index (χ4n) is 2.51. The van der Waals surface area contributed by atoms with Crippen LogP contribution in [0.2, 0.25) is 0 Å². The first-order valence-electron chi connectivity index (χ1n) is 8.46. The van der Waals surface area contributed by atoms with Gasteiger partial charge in [0.1, 0.15) is 0 Å². The normalized spacial score (nSPS) is 10.2. The number of benzene rings is 2. The molecule has 136 valence electrons. The largest absolute Gasteiger partial charge is 0.478 e. The Balaban J connectivity index is 1.96. The predicted octanol–water partition coefficient (Wildman–Crippen LogP) is 2.80. The highest BCUT2D eigenvalue weighted by Gasteiger charge is 2.12. The van der Waals surface area contributed by atoms with Gasteiger partial charge in [-0.1, -0.05) is 12.1 Å². The van der Waals surface area contributed by atoms with Crippen LogP contribution in [-0.4, -0.2) is 40.9 Å². The molecule has 0 aliphatic heterocycles. The van der Waals surface area contributed by atoms with E-state index in [-0.39, 0.29) is 17.4 Å². The van der Waals surface area contributed by atoms with E-state index in [2.05, 4.69) is 5.32 Å². The van der Waals surface area contributed by atoms with Crippen LogP contribution in [0, 0.1) is 0 Å². The highest BCUT2D eigenvalue weighted by Crippen LogP contribution is 2.09. The standard InChI is InChI=1S/C20H22N2O4/c1-3-22(4-2)19(24)16-7-5-14(6-8-16)13-21-18(23)15-9-11-17(12-10-15)20(25)26/h5-12H,3-4,13H2,1-2H3,(H,21,23)(H,25,26). The maximum Gasteiger partial charge on any atom is 0.335 e. The maximum atomic E-state index is 12.3. The van der Waals surface area contributed by atoms with Crippen LogP contribution in [0.25, 0.3) is 0 Å². The van der Waals surface area contributed by atoms with Crippen molar-refractivity contribution in [2.45, 2.75) is 20.4 Å². The first-order chi connectivity index (χ1) is 12.5. The average molecular weight is 354 g/mol. The molecule has 2 rings (SSSR count). The zero-order valence-electron chi connectivity index (χ0n) is 14.9. The van der Waals surface area contributed by atoms with Crippen LogP contribution in [-0.2, 0) is 6.54 Å². The smallest absolute Gasteiger partial charge is 0.335 e. The Kier molecular flexibility index (Phi) is 6.49. The van der Waals surface area contributed by atoms with Gasteiger partial charge < -0.3 is 15.3 Å². The fraction of sp³-hybridized carbons (Fsp3) is 0.250. The highest BCUT2D eigenvalue weighted by atomic mass is 16.4. The number of carbonyl (C=O) groups excluding carboxylic acids is 2. The summed E-state index contributed by atoms with van der Waals surface area (Å²) in [7, 11) is 0. The van der Waals surface area contributed by atoms with E-state index in [4.69, 9.17) is 5.11 Å². The molecule has 0 spiro atoms. The first-order valence-corrected chi connectivity index (χ1v) is 8.46. The summed E-state index contributed by atoms with van der Waals surface area (Å²) >= 11 is 0. The number of amides is 2. The van der Waals surface area contributed by atoms with Gasteiger partial charge in [-0.25, -0.2) is 4.79 Å². The second kappa shape index (κ2) is 8.80. The monoisotopic (exact) mass is 354 g/mol. The summed E-state index contributed by atoms with van der Waals surface area (Å²) < 4.78 is 0. The third kappa shape index (κ3) is 4.69. The summed E-state index contributed by atoms with van der Waals surface area (Å²) in [5.74, 6) is -1.33. The third-order valence-corrected chi connectivity index (χ3v) is 4.10. The molecule has 2 amide bonds. The summed E-state index contributed by atoms with van der Waals surface area (Å²) in [4.78, 5) is 36.9. The molecule has 0 radical (unpaired) electrons. The number of hydrogen-bond donors (Lipinski definition) is 2. The van der Waals surface area contributed by atoms with Crippen molar-refractivity contribution >= 4 is 17.8 Å². The van der Waals surface area contributed by atoms with E-state index in [0.717, 1.165) is 5.56 Å². The molecule has 0 atom stereocenters. The molecule has 2 aromatic carbocycles. The van der Waals surface area contributed by atoms with Gasteiger partial charge >= 0.3 is 5.97 Å². The van der Waals surface area contributed by atoms with Crippen molar-refractivity contribution in [3.8, 4) is 0 Å². The molecule has 0 fully saturated rings. The van der Waals surface area contributed by atoms with Crippen molar-refractivity contribution < 1.29 is 19.5 Å². The summed E-state index contributed by atoms with van der Waals surface area (Å²) in [6, 6.07) is 12.9. The lowest BCUT2D eigenvalue weighted by atomic mass is 10.1. The van der Waals surface area contributed by atoms with Crippen LogP contribution in [0.4, 0.5) is 0 Å². The summed E-state index contributed by atoms with van der Waals surface area (Å²) in [6.45, 7) is 5.52. The molecule has 0 saturated heterocycles. The second-order valence-corrected chi connectivity index (χ2v) is 5.74. The van der Waals surface area contributed by atoms with Crippen LogP contribution >= 0.6 is 0 Å². The van der Waals surface area contributed by atoms with Gasteiger partial charge in [-0.05, 0) is 55.8 Å². The Morgan fingerprint density at radius 3 is 1.85 bits per heavy atom. The molecule has 0 aromatic heterocycles. The van der Waals surface area contributed by atoms with E-state index >= 15 is 0 Å². The third-order valence-electron chi connectivity index (χ3n) is 4.10. The molecule has 0 saturated carbocycles. The molecule has 6 nitrogen and oxygen atoms in total. The zero-order valence-corrected chi connectivity index (χ0v) is 14.9. The Hall–Kier alpha value is -3.15. The molecule has 6 heteroatoms. The van der Waals surface area contributed by atoms with Gasteiger partial charge in [-0.2, -0.15) is 0 Å². The number of carboxylic acid groups (broad SMARTS) is 1. The quantitative estimate of drug-likeness (QED) is 0.800. The minimum absolute atomic E-state index is 0.0101. The van der Waals surface area contributed by atoms with Gasteiger partial charge in [-0.3, -0.25) is 9.59 Å². The molecule has 0 aliphatic carbocycles. The lowest BCUT2D eigenvalue weighted by Gasteiger charge is -2.18. The minimum Gasteiger partial charge on any atom is -0.478 e. The van der Waals surface area contributed by atoms with Gasteiger partial charge in [0.25, 0.3) is 11.8 Å². The molecule has 0 aliphatic rings. The van der Waals surface area contributed by atoms with Crippen molar-refractivity contribution in [2.24, 2.45) is 0 Å².